The van der Waals surface area contributed by atoms with Gasteiger partial charge in [-0.3, -0.25) is 9.59 Å². The highest BCUT2D eigenvalue weighted by atomic mass is 16.5. The van der Waals surface area contributed by atoms with Gasteiger partial charge in [0.1, 0.15) is 0 Å². The maximum absolute atomic E-state index is 12.6. The minimum absolute atomic E-state index is 0.167. The molecular formula is C24H31NO6. The zero-order chi connectivity index (χ0) is 23.1. The first-order valence-corrected chi connectivity index (χ1v) is 10.3. The van der Waals surface area contributed by atoms with E-state index in [1.54, 1.807) is 27.4 Å². The number of carbonyl (C=O) groups excluding carboxylic acids is 1. The van der Waals surface area contributed by atoms with Crippen molar-refractivity contribution < 1.29 is 23.7 Å². The van der Waals surface area contributed by atoms with E-state index in [4.69, 9.17) is 18.9 Å². The summed E-state index contributed by atoms with van der Waals surface area (Å²) in [6, 6.07) is 6.57. The molecule has 0 heterocycles. The number of carbonyl (C=O) groups is 1. The summed E-state index contributed by atoms with van der Waals surface area (Å²) in [5, 5.41) is 2.96. The van der Waals surface area contributed by atoms with E-state index >= 15 is 0 Å². The molecule has 0 aromatic heterocycles. The summed E-state index contributed by atoms with van der Waals surface area (Å²) in [6.07, 6.45) is 1.27. The van der Waals surface area contributed by atoms with E-state index in [9.17, 15) is 9.59 Å². The quantitative estimate of drug-likeness (QED) is 0.776. The first kappa shape index (κ1) is 24.1. The molecule has 1 amide bonds. The molecule has 1 unspecified atom stereocenters. The van der Waals surface area contributed by atoms with E-state index in [0.717, 1.165) is 16.7 Å². The van der Waals surface area contributed by atoms with Gasteiger partial charge in [0.15, 0.2) is 17.2 Å². The van der Waals surface area contributed by atoms with Gasteiger partial charge in [0.2, 0.25) is 17.1 Å². The Balaban J connectivity index is 0.00000166. The number of amides is 1. The number of hydrogen-bond acceptors (Lipinski definition) is 6. The number of methoxy groups -OCH3 is 4. The summed E-state index contributed by atoms with van der Waals surface area (Å²) >= 11 is 0. The lowest BCUT2D eigenvalue weighted by Crippen LogP contribution is -2.26. The van der Waals surface area contributed by atoms with Crippen molar-refractivity contribution in [3.63, 3.8) is 0 Å². The molecule has 7 heteroatoms. The maximum Gasteiger partial charge on any atom is 0.220 e. The Morgan fingerprint density at radius 1 is 0.935 bits per heavy atom. The Morgan fingerprint density at radius 2 is 1.58 bits per heavy atom. The van der Waals surface area contributed by atoms with Gasteiger partial charge in [-0.15, -0.1) is 0 Å². The first-order valence-electron chi connectivity index (χ1n) is 10.3. The molecule has 31 heavy (non-hydrogen) atoms. The van der Waals surface area contributed by atoms with E-state index in [0.29, 0.717) is 35.7 Å². The van der Waals surface area contributed by atoms with E-state index < -0.39 is 0 Å². The molecule has 0 bridgehead atoms. The van der Waals surface area contributed by atoms with E-state index in [1.807, 2.05) is 26.0 Å². The largest absolute Gasteiger partial charge is 0.493 e. The highest BCUT2D eigenvalue weighted by Crippen LogP contribution is 2.50. The molecule has 1 N–H and O–H groups in total. The lowest BCUT2D eigenvalue weighted by atomic mass is 9.95. The summed E-state index contributed by atoms with van der Waals surface area (Å²) < 4.78 is 22.0. The summed E-state index contributed by atoms with van der Waals surface area (Å²) in [7, 11) is 6.14. The van der Waals surface area contributed by atoms with Crippen LogP contribution in [0.3, 0.4) is 0 Å². The highest BCUT2D eigenvalue weighted by molar-refractivity contribution is 5.83. The van der Waals surface area contributed by atoms with Crippen LogP contribution in [0.4, 0.5) is 0 Å². The standard InChI is InChI=1S/C22H25NO6.C2H6/c1-12(24)23-16-8-6-13-10-19(27-3)21(28-4)22(29-5)20(13)14-7-9-18(26-2)17(25)11-15(14)16;1-2/h7,9-11,16H,6,8H2,1-5H3,(H,23,24);1-2H3. The topological polar surface area (TPSA) is 83.1 Å². The van der Waals surface area contributed by atoms with Gasteiger partial charge in [0.25, 0.3) is 0 Å². The van der Waals surface area contributed by atoms with Crippen molar-refractivity contribution >= 4 is 5.91 Å². The van der Waals surface area contributed by atoms with Crippen LogP contribution < -0.4 is 29.7 Å². The van der Waals surface area contributed by atoms with Crippen LogP contribution in [0.5, 0.6) is 23.0 Å². The molecule has 2 aromatic rings. The predicted octanol–water partition coefficient (Wildman–Crippen LogP) is 3.90. The number of rotatable bonds is 5. The number of benzene rings is 1. The second-order valence-corrected chi connectivity index (χ2v) is 6.75. The average Bonchev–Trinajstić information content (AvgIpc) is 3.02. The van der Waals surface area contributed by atoms with Gasteiger partial charge in [0, 0.05) is 12.5 Å². The molecule has 168 valence electrons. The van der Waals surface area contributed by atoms with Crippen LogP contribution >= 0.6 is 0 Å². The number of aryl methyl sites for hydroxylation is 1. The van der Waals surface area contributed by atoms with Crippen molar-refractivity contribution in [2.24, 2.45) is 0 Å². The van der Waals surface area contributed by atoms with Crippen molar-refractivity contribution in [1.29, 1.82) is 0 Å². The fourth-order valence-electron chi connectivity index (χ4n) is 3.86. The van der Waals surface area contributed by atoms with Crippen LogP contribution in [0.2, 0.25) is 0 Å². The number of hydrogen-bond donors (Lipinski definition) is 1. The number of fused-ring (bicyclic) bond motifs is 3. The Hall–Kier alpha value is -3.22. The normalized spacial score (nSPS) is 14.0. The van der Waals surface area contributed by atoms with Crippen molar-refractivity contribution in [2.45, 2.75) is 39.7 Å². The third-order valence-corrected chi connectivity index (χ3v) is 5.10. The van der Waals surface area contributed by atoms with Gasteiger partial charge in [-0.25, -0.2) is 0 Å². The lowest BCUT2D eigenvalue weighted by Gasteiger charge is -2.19. The Kier molecular flexibility index (Phi) is 8.30. The second-order valence-electron chi connectivity index (χ2n) is 6.75. The number of nitrogens with one attached hydrogen (secondary N) is 1. The van der Waals surface area contributed by atoms with Gasteiger partial charge < -0.3 is 24.3 Å². The third kappa shape index (κ3) is 4.76. The Bertz CT molecular complexity index is 1000. The van der Waals surface area contributed by atoms with Gasteiger partial charge >= 0.3 is 0 Å². The molecule has 1 atom stereocenters. The summed E-state index contributed by atoms with van der Waals surface area (Å²) in [5.41, 5.74) is 3.01. The minimum atomic E-state index is -0.332. The molecule has 7 nitrogen and oxygen atoms in total. The Morgan fingerprint density at radius 3 is 2.13 bits per heavy atom. The van der Waals surface area contributed by atoms with Crippen LogP contribution in [-0.4, -0.2) is 34.3 Å². The van der Waals surface area contributed by atoms with Crippen LogP contribution in [0, 0.1) is 0 Å². The molecule has 0 aliphatic heterocycles. The van der Waals surface area contributed by atoms with Crippen molar-refractivity contribution in [3.8, 4) is 34.1 Å². The SMILES string of the molecule is CC.COc1cc2c(c(OC)c1OC)-c1ccc(OC)c(=O)cc1C(NC(C)=O)CC2. The molecule has 2 aromatic carbocycles. The van der Waals surface area contributed by atoms with Crippen molar-refractivity contribution in [3.05, 3.63) is 45.6 Å². The molecular weight excluding hydrogens is 398 g/mol. The Labute approximate surface area is 183 Å². The molecule has 0 fully saturated rings. The van der Waals surface area contributed by atoms with Crippen LogP contribution in [0.25, 0.3) is 11.1 Å². The smallest absolute Gasteiger partial charge is 0.220 e. The average molecular weight is 430 g/mol. The van der Waals surface area contributed by atoms with Crippen molar-refractivity contribution in [2.75, 3.05) is 28.4 Å². The van der Waals surface area contributed by atoms with Crippen LogP contribution in [0.15, 0.2) is 29.1 Å². The molecule has 0 saturated carbocycles. The van der Waals surface area contributed by atoms with Gasteiger partial charge in [-0.1, -0.05) is 19.9 Å². The zero-order valence-electron chi connectivity index (χ0n) is 19.3. The van der Waals surface area contributed by atoms with E-state index in [-0.39, 0.29) is 23.1 Å². The fraction of sp³-hybridized carbons (Fsp3) is 0.417. The highest BCUT2D eigenvalue weighted by Gasteiger charge is 2.29. The van der Waals surface area contributed by atoms with E-state index in [1.165, 1.54) is 20.1 Å². The zero-order valence-corrected chi connectivity index (χ0v) is 19.3. The fourth-order valence-corrected chi connectivity index (χ4v) is 3.86. The molecule has 0 spiro atoms. The second kappa shape index (κ2) is 10.7. The van der Waals surface area contributed by atoms with Crippen LogP contribution in [0.1, 0.15) is 44.4 Å². The number of ether oxygens (including phenoxy) is 4. The molecule has 3 rings (SSSR count). The third-order valence-electron chi connectivity index (χ3n) is 5.10. The molecule has 0 radical (unpaired) electrons. The first-order chi connectivity index (χ1) is 14.9. The maximum atomic E-state index is 12.6. The van der Waals surface area contributed by atoms with Gasteiger partial charge in [-0.05, 0) is 47.7 Å². The minimum Gasteiger partial charge on any atom is -0.493 e. The van der Waals surface area contributed by atoms with Crippen molar-refractivity contribution in [1.82, 2.24) is 5.32 Å². The monoisotopic (exact) mass is 429 g/mol. The van der Waals surface area contributed by atoms with E-state index in [2.05, 4.69) is 5.32 Å². The molecule has 0 saturated heterocycles. The molecule has 1 aliphatic carbocycles. The summed E-state index contributed by atoms with van der Waals surface area (Å²) in [4.78, 5) is 24.5. The van der Waals surface area contributed by atoms with Gasteiger partial charge in [-0.2, -0.15) is 0 Å². The van der Waals surface area contributed by atoms with Crippen LogP contribution in [-0.2, 0) is 11.2 Å². The van der Waals surface area contributed by atoms with Gasteiger partial charge in [0.05, 0.1) is 34.5 Å². The summed E-state index contributed by atoms with van der Waals surface area (Å²) in [6.45, 7) is 5.46. The predicted molar refractivity (Wildman–Crippen MR) is 121 cm³/mol. The summed E-state index contributed by atoms with van der Waals surface area (Å²) in [5.74, 6) is 1.60. The lowest BCUT2D eigenvalue weighted by molar-refractivity contribution is -0.119. The molecule has 1 aliphatic rings.